The van der Waals surface area contributed by atoms with Gasteiger partial charge in [0.15, 0.2) is 5.11 Å². The van der Waals surface area contributed by atoms with Crippen molar-refractivity contribution in [3.63, 3.8) is 0 Å². The van der Waals surface area contributed by atoms with Gasteiger partial charge in [0.05, 0.1) is 0 Å². The van der Waals surface area contributed by atoms with E-state index in [1.165, 1.54) is 4.90 Å². The largest absolute Gasteiger partial charge is 0.508 e. The quantitative estimate of drug-likeness (QED) is 0.495. The average molecular weight is 369 g/mol. The number of carbonyl (C=O) groups excluding carboxylic acids is 2. The summed E-state index contributed by atoms with van der Waals surface area (Å²) in [4.78, 5) is 26.2. The number of hydrogen-bond donors (Lipinski definition) is 2. The summed E-state index contributed by atoms with van der Waals surface area (Å²) in [7, 11) is 0. The number of phenols is 1. The van der Waals surface area contributed by atoms with Gasteiger partial charge in [0.25, 0.3) is 11.8 Å². The molecule has 1 aliphatic rings. The van der Waals surface area contributed by atoms with Gasteiger partial charge in [-0.1, -0.05) is 0 Å². The molecule has 0 aliphatic carbocycles. The zero-order valence-electron chi connectivity index (χ0n) is 14.7. The fraction of sp³-hybridized carbons (Fsp3) is 0.211. The minimum absolute atomic E-state index is 0.0615. The summed E-state index contributed by atoms with van der Waals surface area (Å²) in [5.41, 5.74) is 3.56. The van der Waals surface area contributed by atoms with Gasteiger partial charge in [0.2, 0.25) is 0 Å². The van der Waals surface area contributed by atoms with E-state index in [1.807, 2.05) is 36.6 Å². The molecule has 134 valence electrons. The van der Waals surface area contributed by atoms with E-state index in [-0.39, 0.29) is 16.4 Å². The van der Waals surface area contributed by atoms with Gasteiger partial charge in [-0.3, -0.25) is 19.8 Å². The minimum atomic E-state index is -0.487. The van der Waals surface area contributed by atoms with Crippen LogP contribution in [0.1, 0.15) is 23.9 Å². The van der Waals surface area contributed by atoms with Crippen molar-refractivity contribution in [2.45, 2.75) is 20.8 Å². The number of nitrogens with zero attached hydrogens (tertiary/aromatic N) is 2. The van der Waals surface area contributed by atoms with Gasteiger partial charge < -0.3 is 9.67 Å². The molecule has 0 bridgehead atoms. The number of hydrogen-bond acceptors (Lipinski definition) is 4. The molecular formula is C19H19N3O3S. The Bertz CT molecular complexity index is 942. The molecular weight excluding hydrogens is 350 g/mol. The third-order valence-corrected chi connectivity index (χ3v) is 4.70. The first kappa shape index (κ1) is 17.9. The molecule has 2 heterocycles. The van der Waals surface area contributed by atoms with E-state index in [0.29, 0.717) is 6.54 Å². The van der Waals surface area contributed by atoms with Gasteiger partial charge in [-0.15, -0.1) is 0 Å². The molecule has 0 radical (unpaired) electrons. The summed E-state index contributed by atoms with van der Waals surface area (Å²) in [6.45, 7) is 6.05. The summed E-state index contributed by atoms with van der Waals surface area (Å²) >= 11 is 5.04. The third kappa shape index (κ3) is 3.01. The van der Waals surface area contributed by atoms with Crippen LogP contribution in [-0.2, 0) is 9.59 Å². The molecule has 7 heteroatoms. The third-order valence-electron chi connectivity index (χ3n) is 4.38. The normalized spacial score (nSPS) is 16.3. The zero-order valence-corrected chi connectivity index (χ0v) is 15.6. The lowest BCUT2D eigenvalue weighted by Crippen LogP contribution is -2.53. The lowest BCUT2D eigenvalue weighted by Gasteiger charge is -2.27. The number of carbonyl (C=O) groups is 2. The summed E-state index contributed by atoms with van der Waals surface area (Å²) in [5, 5.41) is 12.2. The lowest BCUT2D eigenvalue weighted by molar-refractivity contribution is -0.128. The predicted octanol–water partition coefficient (Wildman–Crippen LogP) is 2.45. The average Bonchev–Trinajstić information content (AvgIpc) is 2.86. The van der Waals surface area contributed by atoms with Gasteiger partial charge in [-0.25, -0.2) is 0 Å². The maximum absolute atomic E-state index is 12.6. The smallest absolute Gasteiger partial charge is 0.265 e. The van der Waals surface area contributed by atoms with E-state index in [2.05, 4.69) is 5.32 Å². The molecule has 3 rings (SSSR count). The van der Waals surface area contributed by atoms with Crippen molar-refractivity contribution in [1.29, 1.82) is 0 Å². The number of likely N-dealkylation sites (N-methyl/N-ethyl adjacent to an activating group) is 1. The van der Waals surface area contributed by atoms with Crippen LogP contribution >= 0.6 is 12.2 Å². The van der Waals surface area contributed by atoms with Crippen LogP contribution < -0.4 is 5.32 Å². The van der Waals surface area contributed by atoms with Crippen LogP contribution in [0, 0.1) is 13.8 Å². The van der Waals surface area contributed by atoms with Crippen molar-refractivity contribution >= 4 is 35.2 Å². The Morgan fingerprint density at radius 3 is 2.46 bits per heavy atom. The molecule has 2 aromatic rings. The second kappa shape index (κ2) is 6.76. The Morgan fingerprint density at radius 1 is 1.19 bits per heavy atom. The highest BCUT2D eigenvalue weighted by molar-refractivity contribution is 7.80. The van der Waals surface area contributed by atoms with E-state index in [1.54, 1.807) is 25.1 Å². The Balaban J connectivity index is 2.05. The first-order valence-corrected chi connectivity index (χ1v) is 8.61. The van der Waals surface area contributed by atoms with Crippen molar-refractivity contribution in [3.05, 3.63) is 52.9 Å². The Labute approximate surface area is 156 Å². The first-order valence-electron chi connectivity index (χ1n) is 8.20. The van der Waals surface area contributed by atoms with E-state index >= 15 is 0 Å². The molecule has 0 unspecified atom stereocenters. The number of amides is 2. The van der Waals surface area contributed by atoms with Gasteiger partial charge in [0, 0.05) is 23.6 Å². The van der Waals surface area contributed by atoms with Crippen molar-refractivity contribution < 1.29 is 14.7 Å². The van der Waals surface area contributed by atoms with E-state index in [9.17, 15) is 14.7 Å². The molecule has 1 aromatic carbocycles. The molecule has 1 aromatic heterocycles. The van der Waals surface area contributed by atoms with Crippen molar-refractivity contribution in [1.82, 2.24) is 14.8 Å². The second-order valence-corrected chi connectivity index (χ2v) is 6.43. The van der Waals surface area contributed by atoms with Gasteiger partial charge in [-0.05, 0) is 75.0 Å². The highest BCUT2D eigenvalue weighted by atomic mass is 32.1. The Morgan fingerprint density at radius 2 is 1.85 bits per heavy atom. The number of thiocarbonyl (C=S) groups is 1. The first-order chi connectivity index (χ1) is 12.3. The number of aryl methyl sites for hydroxylation is 1. The molecule has 2 amide bonds. The highest BCUT2D eigenvalue weighted by Gasteiger charge is 2.32. The number of aromatic hydroxyl groups is 1. The Hall–Kier alpha value is -2.93. The van der Waals surface area contributed by atoms with Crippen LogP contribution in [0.25, 0.3) is 11.8 Å². The fourth-order valence-corrected chi connectivity index (χ4v) is 3.37. The summed E-state index contributed by atoms with van der Waals surface area (Å²) < 4.78 is 2.00. The van der Waals surface area contributed by atoms with Crippen LogP contribution in [0.15, 0.2) is 35.9 Å². The van der Waals surface area contributed by atoms with Crippen LogP contribution in [0.5, 0.6) is 5.75 Å². The van der Waals surface area contributed by atoms with Crippen molar-refractivity contribution in [3.8, 4) is 11.4 Å². The molecule has 2 N–H and O–H groups in total. The van der Waals surface area contributed by atoms with Crippen molar-refractivity contribution in [2.75, 3.05) is 6.54 Å². The standard InChI is InChI=1S/C19H19N3O3S/c1-4-21-18(25)16(17(24)20-19(21)26)10-13-9-11(2)22(12(13)3)14-5-7-15(23)8-6-14/h5-10,23H,4H2,1-3H3,(H,20,24,26)/b16-10+. The second-order valence-electron chi connectivity index (χ2n) is 6.04. The molecule has 1 fully saturated rings. The lowest BCUT2D eigenvalue weighted by atomic mass is 10.1. The van der Waals surface area contributed by atoms with E-state index < -0.39 is 11.8 Å². The summed E-state index contributed by atoms with van der Waals surface area (Å²) in [6, 6.07) is 8.76. The monoisotopic (exact) mass is 369 g/mol. The van der Waals surface area contributed by atoms with Gasteiger partial charge >= 0.3 is 0 Å². The van der Waals surface area contributed by atoms with Crippen LogP contribution in [0.2, 0.25) is 0 Å². The van der Waals surface area contributed by atoms with E-state index in [4.69, 9.17) is 12.2 Å². The zero-order chi connectivity index (χ0) is 19.0. The molecule has 6 nitrogen and oxygen atoms in total. The van der Waals surface area contributed by atoms with E-state index in [0.717, 1.165) is 22.6 Å². The Kier molecular flexibility index (Phi) is 4.65. The molecule has 0 spiro atoms. The highest BCUT2D eigenvalue weighted by Crippen LogP contribution is 2.25. The van der Waals surface area contributed by atoms with Gasteiger partial charge in [0.1, 0.15) is 11.3 Å². The molecule has 26 heavy (non-hydrogen) atoms. The fourth-order valence-electron chi connectivity index (χ4n) is 3.07. The van der Waals surface area contributed by atoms with Gasteiger partial charge in [-0.2, -0.15) is 0 Å². The summed E-state index contributed by atoms with van der Waals surface area (Å²) in [6.07, 6.45) is 1.60. The molecule has 1 aliphatic heterocycles. The number of phenolic OH excluding ortho intramolecular Hbond substituents is 1. The molecule has 0 saturated carbocycles. The predicted molar refractivity (Wildman–Crippen MR) is 103 cm³/mol. The number of benzene rings is 1. The molecule has 0 atom stereocenters. The van der Waals surface area contributed by atoms with Crippen LogP contribution in [0.3, 0.4) is 0 Å². The van der Waals surface area contributed by atoms with Crippen LogP contribution in [-0.4, -0.2) is 38.0 Å². The maximum atomic E-state index is 12.6. The van der Waals surface area contributed by atoms with Crippen LogP contribution in [0.4, 0.5) is 0 Å². The minimum Gasteiger partial charge on any atom is -0.508 e. The van der Waals surface area contributed by atoms with Crippen molar-refractivity contribution in [2.24, 2.45) is 0 Å². The maximum Gasteiger partial charge on any atom is 0.265 e. The summed E-state index contributed by atoms with van der Waals surface area (Å²) in [5.74, 6) is -0.687. The SMILES string of the molecule is CCN1C(=O)/C(=C/c2cc(C)n(-c3ccc(O)cc3)c2C)C(=O)NC1=S. The molecule has 1 saturated heterocycles. The number of nitrogens with one attached hydrogen (secondary N) is 1. The topological polar surface area (TPSA) is 74.6 Å². The number of rotatable bonds is 3. The number of aromatic nitrogens is 1.